The molecule has 2 heterocycles. The third-order valence-corrected chi connectivity index (χ3v) is 6.10. The van der Waals surface area contributed by atoms with Crippen LogP contribution in [-0.2, 0) is 14.8 Å². The van der Waals surface area contributed by atoms with Crippen molar-refractivity contribution in [3.8, 4) is 0 Å². The SMILES string of the molecule is O=S(=O)(NCCOC1CCCC1)c1c(Cl)nc2sccn12. The predicted octanol–water partition coefficient (Wildman–Crippen LogP) is 2.29. The van der Waals surface area contributed by atoms with E-state index in [1.807, 2.05) is 0 Å². The number of rotatable bonds is 6. The van der Waals surface area contributed by atoms with Crippen LogP contribution in [0.3, 0.4) is 0 Å². The number of nitrogens with one attached hydrogen (secondary N) is 1. The average Bonchev–Trinajstić information content (AvgIpc) is 3.10. The molecule has 3 rings (SSSR count). The first-order chi connectivity index (χ1) is 10.1. The highest BCUT2D eigenvalue weighted by molar-refractivity contribution is 7.89. The molecule has 1 aliphatic rings. The third kappa shape index (κ3) is 3.24. The normalized spacial score (nSPS) is 17.0. The molecule has 1 fully saturated rings. The number of sulfonamides is 1. The molecule has 21 heavy (non-hydrogen) atoms. The lowest BCUT2D eigenvalue weighted by molar-refractivity contribution is 0.0626. The Hall–Kier alpha value is -0.670. The summed E-state index contributed by atoms with van der Waals surface area (Å²) in [5.41, 5.74) is 0. The zero-order valence-electron chi connectivity index (χ0n) is 11.3. The monoisotopic (exact) mass is 349 g/mol. The molecule has 116 valence electrons. The van der Waals surface area contributed by atoms with Crippen molar-refractivity contribution in [1.82, 2.24) is 14.1 Å². The number of aromatic nitrogens is 2. The lowest BCUT2D eigenvalue weighted by Crippen LogP contribution is -2.29. The summed E-state index contributed by atoms with van der Waals surface area (Å²) in [6, 6.07) is 0. The van der Waals surface area contributed by atoms with Crippen LogP contribution >= 0.6 is 22.9 Å². The van der Waals surface area contributed by atoms with Gasteiger partial charge in [-0.1, -0.05) is 24.4 Å². The van der Waals surface area contributed by atoms with E-state index >= 15 is 0 Å². The molecule has 0 bridgehead atoms. The molecule has 2 aromatic rings. The van der Waals surface area contributed by atoms with Crippen molar-refractivity contribution in [2.75, 3.05) is 13.2 Å². The van der Waals surface area contributed by atoms with E-state index in [-0.39, 0.29) is 22.8 Å². The second kappa shape index (κ2) is 6.21. The van der Waals surface area contributed by atoms with Gasteiger partial charge in [0.15, 0.2) is 15.1 Å². The van der Waals surface area contributed by atoms with Crippen LogP contribution in [-0.4, -0.2) is 37.1 Å². The second-order valence-electron chi connectivity index (χ2n) is 4.94. The molecule has 0 amide bonds. The van der Waals surface area contributed by atoms with Crippen molar-refractivity contribution in [2.24, 2.45) is 0 Å². The Bertz CT molecular complexity index is 719. The minimum Gasteiger partial charge on any atom is -0.377 e. The number of fused-ring (bicyclic) bond motifs is 1. The van der Waals surface area contributed by atoms with Crippen LogP contribution in [0.2, 0.25) is 5.15 Å². The molecular formula is C12H16ClN3O3S2. The lowest BCUT2D eigenvalue weighted by Gasteiger charge is -2.11. The minimum atomic E-state index is -3.69. The number of thiazole rings is 1. The maximum Gasteiger partial charge on any atom is 0.259 e. The summed E-state index contributed by atoms with van der Waals surface area (Å²) in [6.07, 6.45) is 6.43. The zero-order valence-corrected chi connectivity index (χ0v) is 13.7. The molecule has 1 aliphatic carbocycles. The van der Waals surface area contributed by atoms with Gasteiger partial charge in [0.2, 0.25) is 0 Å². The average molecular weight is 350 g/mol. The molecule has 2 aromatic heterocycles. The van der Waals surface area contributed by atoms with Gasteiger partial charge in [0.1, 0.15) is 0 Å². The van der Waals surface area contributed by atoms with Crippen molar-refractivity contribution in [3.05, 3.63) is 16.7 Å². The van der Waals surface area contributed by atoms with Gasteiger partial charge < -0.3 is 4.74 Å². The van der Waals surface area contributed by atoms with E-state index in [4.69, 9.17) is 16.3 Å². The fraction of sp³-hybridized carbons (Fsp3) is 0.583. The molecule has 0 aromatic carbocycles. The molecule has 0 saturated heterocycles. The van der Waals surface area contributed by atoms with Crippen LogP contribution in [0.25, 0.3) is 4.96 Å². The Kier molecular flexibility index (Phi) is 4.51. The highest BCUT2D eigenvalue weighted by Crippen LogP contribution is 2.25. The number of imidazole rings is 1. The Labute approximate surface area is 132 Å². The van der Waals surface area contributed by atoms with Crippen LogP contribution in [0, 0.1) is 0 Å². The van der Waals surface area contributed by atoms with Gasteiger partial charge >= 0.3 is 0 Å². The van der Waals surface area contributed by atoms with Crippen molar-refractivity contribution >= 4 is 37.9 Å². The maximum absolute atomic E-state index is 12.3. The van der Waals surface area contributed by atoms with Crippen molar-refractivity contribution in [1.29, 1.82) is 0 Å². The molecular weight excluding hydrogens is 334 g/mol. The van der Waals surface area contributed by atoms with E-state index in [9.17, 15) is 8.42 Å². The summed E-state index contributed by atoms with van der Waals surface area (Å²) in [5, 5.41) is 1.74. The Morgan fingerprint density at radius 1 is 1.48 bits per heavy atom. The first kappa shape index (κ1) is 15.2. The molecule has 0 spiro atoms. The van der Waals surface area contributed by atoms with E-state index in [1.54, 1.807) is 11.6 Å². The second-order valence-corrected chi connectivity index (χ2v) is 7.85. The van der Waals surface area contributed by atoms with E-state index in [0.29, 0.717) is 11.6 Å². The summed E-state index contributed by atoms with van der Waals surface area (Å²) >= 11 is 7.27. The van der Waals surface area contributed by atoms with Crippen molar-refractivity contribution < 1.29 is 13.2 Å². The molecule has 0 atom stereocenters. The Morgan fingerprint density at radius 3 is 3.00 bits per heavy atom. The van der Waals surface area contributed by atoms with Crippen LogP contribution in [0.5, 0.6) is 0 Å². The Balaban J connectivity index is 1.63. The summed E-state index contributed by atoms with van der Waals surface area (Å²) in [5.74, 6) is 0. The fourth-order valence-corrected chi connectivity index (χ4v) is 4.96. The van der Waals surface area contributed by atoms with E-state index < -0.39 is 10.0 Å². The summed E-state index contributed by atoms with van der Waals surface area (Å²) in [7, 11) is -3.69. The standard InChI is InChI=1S/C12H16ClN3O3S2/c13-10-11(16-6-8-20-12(16)15-10)21(17,18)14-5-7-19-9-3-1-2-4-9/h6,8-9,14H,1-5,7H2. The van der Waals surface area contributed by atoms with Gasteiger partial charge in [0, 0.05) is 18.1 Å². The molecule has 1 saturated carbocycles. The first-order valence-corrected chi connectivity index (χ1v) is 9.54. The largest absolute Gasteiger partial charge is 0.377 e. The highest BCUT2D eigenvalue weighted by atomic mass is 35.5. The van der Waals surface area contributed by atoms with Gasteiger partial charge in [0.25, 0.3) is 10.0 Å². The fourth-order valence-electron chi connectivity index (χ4n) is 2.50. The van der Waals surface area contributed by atoms with Gasteiger partial charge in [-0.05, 0) is 12.8 Å². The Morgan fingerprint density at radius 2 is 2.24 bits per heavy atom. The number of hydrogen-bond donors (Lipinski definition) is 1. The molecule has 0 unspecified atom stereocenters. The van der Waals surface area contributed by atoms with Crippen LogP contribution in [0.4, 0.5) is 0 Å². The van der Waals surface area contributed by atoms with Gasteiger partial charge in [-0.15, -0.1) is 11.3 Å². The van der Waals surface area contributed by atoms with Gasteiger partial charge in [-0.25, -0.2) is 18.1 Å². The zero-order chi connectivity index (χ0) is 14.9. The smallest absolute Gasteiger partial charge is 0.259 e. The topological polar surface area (TPSA) is 72.7 Å². The van der Waals surface area contributed by atoms with Crippen molar-refractivity contribution in [3.63, 3.8) is 0 Å². The molecule has 9 heteroatoms. The van der Waals surface area contributed by atoms with Gasteiger partial charge in [-0.2, -0.15) is 0 Å². The minimum absolute atomic E-state index is 0.00828. The lowest BCUT2D eigenvalue weighted by atomic mass is 10.3. The first-order valence-electron chi connectivity index (χ1n) is 6.80. The summed E-state index contributed by atoms with van der Waals surface area (Å²) in [4.78, 5) is 4.59. The highest BCUT2D eigenvalue weighted by Gasteiger charge is 2.24. The van der Waals surface area contributed by atoms with Crippen LogP contribution in [0.15, 0.2) is 16.6 Å². The van der Waals surface area contributed by atoms with Gasteiger partial charge in [-0.3, -0.25) is 4.40 Å². The number of hydrogen-bond acceptors (Lipinski definition) is 5. The number of ether oxygens (including phenoxy) is 1. The third-order valence-electron chi connectivity index (χ3n) is 3.48. The molecule has 1 N–H and O–H groups in total. The van der Waals surface area contributed by atoms with E-state index in [1.165, 1.54) is 28.6 Å². The quantitative estimate of drug-likeness (QED) is 0.812. The number of halogens is 1. The molecule has 0 radical (unpaired) electrons. The van der Waals surface area contributed by atoms with E-state index in [0.717, 1.165) is 12.8 Å². The van der Waals surface area contributed by atoms with Crippen LogP contribution in [0.1, 0.15) is 25.7 Å². The predicted molar refractivity (Wildman–Crippen MR) is 81.5 cm³/mol. The molecule has 6 nitrogen and oxygen atoms in total. The summed E-state index contributed by atoms with van der Waals surface area (Å²) in [6.45, 7) is 0.597. The van der Waals surface area contributed by atoms with Crippen LogP contribution < -0.4 is 4.72 Å². The maximum atomic E-state index is 12.3. The summed E-state index contributed by atoms with van der Waals surface area (Å²) < 4.78 is 34.3. The van der Waals surface area contributed by atoms with Crippen molar-refractivity contribution in [2.45, 2.75) is 36.8 Å². The van der Waals surface area contributed by atoms with Gasteiger partial charge in [0.05, 0.1) is 12.7 Å². The van der Waals surface area contributed by atoms with E-state index in [2.05, 4.69) is 9.71 Å². The number of nitrogens with zero attached hydrogens (tertiary/aromatic N) is 2. The molecule has 0 aliphatic heterocycles.